The molecule has 2 N–H and O–H groups in total. The van der Waals surface area contributed by atoms with Crippen LogP contribution in [0.15, 0.2) is 64.2 Å². The lowest BCUT2D eigenvalue weighted by Gasteiger charge is -2.08. The lowest BCUT2D eigenvalue weighted by Crippen LogP contribution is -2.18. The SMILES string of the molecule is CCn1c(CC(=O)Nc2ccccc2)nnc1SCC(=O)Nc1cccc(Br)c1. The second-order valence-electron chi connectivity index (χ2n) is 6.08. The molecular formula is C20H20BrN5O2S. The molecule has 0 unspecified atom stereocenters. The van der Waals surface area contributed by atoms with Gasteiger partial charge in [-0.1, -0.05) is 52.0 Å². The third-order valence-electron chi connectivity index (χ3n) is 3.93. The summed E-state index contributed by atoms with van der Waals surface area (Å²) in [5.74, 6) is 0.459. The number of carbonyl (C=O) groups excluding carboxylic acids is 2. The first kappa shape index (κ1) is 21.1. The maximum atomic E-state index is 12.3. The molecule has 0 fully saturated rings. The van der Waals surface area contributed by atoms with E-state index in [2.05, 4.69) is 36.8 Å². The number of hydrogen-bond acceptors (Lipinski definition) is 5. The highest BCUT2D eigenvalue weighted by Crippen LogP contribution is 2.19. The van der Waals surface area contributed by atoms with Crippen LogP contribution >= 0.6 is 27.7 Å². The van der Waals surface area contributed by atoms with E-state index in [1.165, 1.54) is 11.8 Å². The molecule has 1 heterocycles. The van der Waals surface area contributed by atoms with Gasteiger partial charge < -0.3 is 15.2 Å². The Bertz CT molecular complexity index is 994. The largest absolute Gasteiger partial charge is 0.326 e. The van der Waals surface area contributed by atoms with Gasteiger partial charge >= 0.3 is 0 Å². The number of carbonyl (C=O) groups is 2. The number of amides is 2. The van der Waals surface area contributed by atoms with Gasteiger partial charge in [0.1, 0.15) is 5.82 Å². The number of halogens is 1. The Balaban J connectivity index is 1.57. The van der Waals surface area contributed by atoms with E-state index in [1.54, 1.807) is 0 Å². The van der Waals surface area contributed by atoms with Crippen LogP contribution < -0.4 is 10.6 Å². The molecule has 0 spiro atoms. The van der Waals surface area contributed by atoms with Crippen molar-refractivity contribution in [1.29, 1.82) is 0 Å². The van der Waals surface area contributed by atoms with Crippen molar-refractivity contribution in [3.05, 3.63) is 64.9 Å². The number of aromatic nitrogens is 3. The van der Waals surface area contributed by atoms with Crippen LogP contribution in [0.4, 0.5) is 11.4 Å². The zero-order valence-electron chi connectivity index (χ0n) is 15.8. The standard InChI is InChI=1S/C20H20BrN5O2S/c1-2-26-17(12-18(27)22-15-8-4-3-5-9-15)24-25-20(26)29-13-19(28)23-16-10-6-7-14(21)11-16/h3-11H,2,12-13H2,1H3,(H,22,27)(H,23,28). The highest BCUT2D eigenvalue weighted by atomic mass is 79.9. The van der Waals surface area contributed by atoms with Gasteiger partial charge in [0.05, 0.1) is 12.2 Å². The quantitative estimate of drug-likeness (QED) is 0.483. The van der Waals surface area contributed by atoms with E-state index < -0.39 is 0 Å². The Morgan fingerprint density at radius 3 is 2.45 bits per heavy atom. The van der Waals surface area contributed by atoms with Crippen LogP contribution in [-0.2, 0) is 22.6 Å². The van der Waals surface area contributed by atoms with Crippen molar-refractivity contribution >= 4 is 50.9 Å². The molecule has 0 saturated carbocycles. The summed E-state index contributed by atoms with van der Waals surface area (Å²) in [5.41, 5.74) is 1.46. The minimum Gasteiger partial charge on any atom is -0.326 e. The summed E-state index contributed by atoms with van der Waals surface area (Å²) in [6, 6.07) is 16.7. The Morgan fingerprint density at radius 2 is 1.72 bits per heavy atom. The predicted octanol–water partition coefficient (Wildman–Crippen LogP) is 3.97. The number of benzene rings is 2. The molecule has 0 radical (unpaired) electrons. The fourth-order valence-corrected chi connectivity index (χ4v) is 3.86. The van der Waals surface area contributed by atoms with Crippen LogP contribution in [0.2, 0.25) is 0 Å². The Kier molecular flexibility index (Phi) is 7.42. The van der Waals surface area contributed by atoms with Crippen LogP contribution in [0, 0.1) is 0 Å². The van der Waals surface area contributed by atoms with E-state index in [0.29, 0.717) is 17.5 Å². The van der Waals surface area contributed by atoms with Crippen molar-refractivity contribution in [1.82, 2.24) is 14.8 Å². The average Bonchev–Trinajstić information content (AvgIpc) is 3.08. The molecule has 0 bridgehead atoms. The Morgan fingerprint density at radius 1 is 1.00 bits per heavy atom. The molecule has 0 aliphatic carbocycles. The van der Waals surface area contributed by atoms with Gasteiger partial charge in [-0.2, -0.15) is 0 Å². The van der Waals surface area contributed by atoms with E-state index >= 15 is 0 Å². The number of hydrogen-bond donors (Lipinski definition) is 2. The first-order valence-electron chi connectivity index (χ1n) is 9.00. The number of anilines is 2. The van der Waals surface area contributed by atoms with Gasteiger partial charge in [0.2, 0.25) is 11.8 Å². The first-order chi connectivity index (χ1) is 14.0. The molecule has 7 nitrogen and oxygen atoms in total. The third-order valence-corrected chi connectivity index (χ3v) is 5.39. The third kappa shape index (κ3) is 6.16. The molecule has 0 atom stereocenters. The first-order valence-corrected chi connectivity index (χ1v) is 10.8. The number of rotatable bonds is 8. The van der Waals surface area contributed by atoms with Crippen molar-refractivity contribution in [3.63, 3.8) is 0 Å². The zero-order valence-corrected chi connectivity index (χ0v) is 18.2. The average molecular weight is 474 g/mol. The molecule has 29 heavy (non-hydrogen) atoms. The van der Waals surface area contributed by atoms with E-state index in [4.69, 9.17) is 0 Å². The molecule has 1 aromatic heterocycles. The fraction of sp³-hybridized carbons (Fsp3) is 0.200. The summed E-state index contributed by atoms with van der Waals surface area (Å²) in [5, 5.41) is 14.6. The van der Waals surface area contributed by atoms with Crippen molar-refractivity contribution < 1.29 is 9.59 Å². The minimum atomic E-state index is -0.165. The van der Waals surface area contributed by atoms with Crippen LogP contribution in [-0.4, -0.2) is 32.3 Å². The van der Waals surface area contributed by atoms with Crippen molar-refractivity contribution in [2.45, 2.75) is 25.0 Å². The van der Waals surface area contributed by atoms with Crippen LogP contribution in [0.1, 0.15) is 12.7 Å². The van der Waals surface area contributed by atoms with E-state index in [0.717, 1.165) is 15.8 Å². The highest BCUT2D eigenvalue weighted by Gasteiger charge is 2.16. The lowest BCUT2D eigenvalue weighted by atomic mass is 10.3. The minimum absolute atomic E-state index is 0.112. The summed E-state index contributed by atoms with van der Waals surface area (Å²) >= 11 is 4.67. The summed E-state index contributed by atoms with van der Waals surface area (Å²) in [4.78, 5) is 24.5. The summed E-state index contributed by atoms with van der Waals surface area (Å²) in [7, 11) is 0. The van der Waals surface area contributed by atoms with Crippen LogP contribution in [0.25, 0.3) is 0 Å². The molecule has 0 saturated heterocycles. The summed E-state index contributed by atoms with van der Waals surface area (Å²) < 4.78 is 2.74. The highest BCUT2D eigenvalue weighted by molar-refractivity contribution is 9.10. The van der Waals surface area contributed by atoms with E-state index in [1.807, 2.05) is 66.1 Å². The number of para-hydroxylation sites is 1. The number of nitrogens with zero attached hydrogens (tertiary/aromatic N) is 3. The zero-order chi connectivity index (χ0) is 20.6. The number of thioether (sulfide) groups is 1. The molecule has 2 aromatic carbocycles. The van der Waals surface area contributed by atoms with Gasteiger partial charge in [-0.25, -0.2) is 0 Å². The number of nitrogens with one attached hydrogen (secondary N) is 2. The topological polar surface area (TPSA) is 88.9 Å². The molecule has 2 amide bonds. The Hall–Kier alpha value is -2.65. The van der Waals surface area contributed by atoms with Gasteiger partial charge in [-0.05, 0) is 37.3 Å². The Labute approximate surface area is 181 Å². The van der Waals surface area contributed by atoms with Gasteiger partial charge in [0.25, 0.3) is 0 Å². The maximum Gasteiger partial charge on any atom is 0.234 e. The second-order valence-corrected chi connectivity index (χ2v) is 7.94. The maximum absolute atomic E-state index is 12.3. The second kappa shape index (κ2) is 10.2. The van der Waals surface area contributed by atoms with Gasteiger partial charge in [0.15, 0.2) is 5.16 Å². The van der Waals surface area contributed by atoms with Gasteiger partial charge in [0, 0.05) is 22.4 Å². The smallest absolute Gasteiger partial charge is 0.234 e. The molecule has 3 aromatic rings. The van der Waals surface area contributed by atoms with Crippen molar-refractivity contribution in [2.24, 2.45) is 0 Å². The lowest BCUT2D eigenvalue weighted by molar-refractivity contribution is -0.116. The normalized spacial score (nSPS) is 10.6. The van der Waals surface area contributed by atoms with E-state index in [-0.39, 0.29) is 24.0 Å². The molecule has 3 rings (SSSR count). The monoisotopic (exact) mass is 473 g/mol. The van der Waals surface area contributed by atoms with Gasteiger partial charge in [-0.3, -0.25) is 9.59 Å². The van der Waals surface area contributed by atoms with Crippen LogP contribution in [0.5, 0.6) is 0 Å². The predicted molar refractivity (Wildman–Crippen MR) is 118 cm³/mol. The molecule has 150 valence electrons. The van der Waals surface area contributed by atoms with E-state index in [9.17, 15) is 9.59 Å². The van der Waals surface area contributed by atoms with Crippen molar-refractivity contribution in [3.8, 4) is 0 Å². The fourth-order valence-electron chi connectivity index (χ4n) is 2.64. The van der Waals surface area contributed by atoms with Gasteiger partial charge in [-0.15, -0.1) is 10.2 Å². The molecule has 0 aliphatic heterocycles. The van der Waals surface area contributed by atoms with Crippen molar-refractivity contribution in [2.75, 3.05) is 16.4 Å². The molecular weight excluding hydrogens is 454 g/mol. The summed E-state index contributed by atoms with van der Waals surface area (Å²) in [6.07, 6.45) is 0.112. The molecule has 0 aliphatic rings. The van der Waals surface area contributed by atoms with Crippen LogP contribution in [0.3, 0.4) is 0 Å². The summed E-state index contributed by atoms with van der Waals surface area (Å²) in [6.45, 7) is 2.56. The molecule has 9 heteroatoms.